The van der Waals surface area contributed by atoms with Gasteiger partial charge in [-0.3, -0.25) is 4.98 Å². The van der Waals surface area contributed by atoms with Gasteiger partial charge in [-0.05, 0) is 12.0 Å². The summed E-state index contributed by atoms with van der Waals surface area (Å²) in [5.41, 5.74) is 0. The molecule has 0 spiro atoms. The van der Waals surface area contributed by atoms with E-state index in [1.54, 1.807) is 0 Å². The van der Waals surface area contributed by atoms with Crippen molar-refractivity contribution < 1.29 is 12.8 Å². The zero-order valence-electron chi connectivity index (χ0n) is 9.52. The summed E-state index contributed by atoms with van der Waals surface area (Å²) in [5.74, 6) is -0.543. The fraction of sp³-hybridized carbons (Fsp3) is 0.500. The summed E-state index contributed by atoms with van der Waals surface area (Å²) in [4.78, 5) is 3.36. The highest BCUT2D eigenvalue weighted by molar-refractivity contribution is 9.09. The van der Waals surface area contributed by atoms with Crippen LogP contribution < -0.4 is 4.72 Å². The van der Waals surface area contributed by atoms with E-state index in [0.29, 0.717) is 5.33 Å². The smallest absolute Gasteiger partial charge is 0.242 e. The van der Waals surface area contributed by atoms with Gasteiger partial charge in [0.2, 0.25) is 10.0 Å². The molecule has 0 radical (unpaired) electrons. The topological polar surface area (TPSA) is 59.1 Å². The maximum Gasteiger partial charge on any atom is 0.242 e. The summed E-state index contributed by atoms with van der Waals surface area (Å²) in [6.07, 6.45) is 2.08. The molecule has 0 bridgehead atoms. The van der Waals surface area contributed by atoms with Crippen LogP contribution in [0.4, 0.5) is 4.39 Å². The van der Waals surface area contributed by atoms with Gasteiger partial charge < -0.3 is 0 Å². The zero-order valence-corrected chi connectivity index (χ0v) is 11.9. The van der Waals surface area contributed by atoms with E-state index in [-0.39, 0.29) is 16.9 Å². The Morgan fingerprint density at radius 3 is 2.59 bits per heavy atom. The monoisotopic (exact) mass is 324 g/mol. The second kappa shape index (κ2) is 5.88. The third kappa shape index (κ3) is 4.01. The van der Waals surface area contributed by atoms with Gasteiger partial charge in [-0.15, -0.1) is 0 Å². The lowest BCUT2D eigenvalue weighted by Gasteiger charge is -2.19. The van der Waals surface area contributed by atoms with Crippen molar-refractivity contribution in [2.24, 2.45) is 5.92 Å². The van der Waals surface area contributed by atoms with Crippen LogP contribution in [-0.4, -0.2) is 24.8 Å². The van der Waals surface area contributed by atoms with Crippen molar-refractivity contribution in [2.45, 2.75) is 24.8 Å². The standard InChI is InChI=1S/C10H14BrFN2O2S/c1-7(2)10(4-11)14-17(15,16)9-3-8(12)5-13-6-9/h3,5-7,10,14H,4H2,1-2H3. The number of halogens is 2. The third-order valence-corrected chi connectivity index (χ3v) is 4.42. The third-order valence-electron chi connectivity index (χ3n) is 2.27. The van der Waals surface area contributed by atoms with Crippen molar-refractivity contribution in [3.05, 3.63) is 24.3 Å². The molecule has 0 aliphatic carbocycles. The first-order valence-electron chi connectivity index (χ1n) is 5.05. The number of sulfonamides is 1. The van der Waals surface area contributed by atoms with Crippen LogP contribution in [0, 0.1) is 11.7 Å². The quantitative estimate of drug-likeness (QED) is 0.842. The van der Waals surface area contributed by atoms with E-state index in [2.05, 4.69) is 25.6 Å². The lowest BCUT2D eigenvalue weighted by atomic mass is 10.1. The molecule has 1 heterocycles. The predicted octanol–water partition coefficient (Wildman–Crippen LogP) is 1.92. The van der Waals surface area contributed by atoms with Gasteiger partial charge in [0.1, 0.15) is 10.7 Å². The molecule has 0 aromatic carbocycles. The van der Waals surface area contributed by atoms with Gasteiger partial charge in [0.25, 0.3) is 0 Å². The van der Waals surface area contributed by atoms with Crippen molar-refractivity contribution in [1.82, 2.24) is 9.71 Å². The SMILES string of the molecule is CC(C)C(CBr)NS(=O)(=O)c1cncc(F)c1. The Kier molecular flexibility index (Phi) is 5.03. The first-order valence-corrected chi connectivity index (χ1v) is 7.66. The number of rotatable bonds is 5. The molecule has 7 heteroatoms. The van der Waals surface area contributed by atoms with Crippen LogP contribution in [0.15, 0.2) is 23.4 Å². The van der Waals surface area contributed by atoms with Gasteiger partial charge in [-0.2, -0.15) is 0 Å². The van der Waals surface area contributed by atoms with Crippen LogP contribution in [0.3, 0.4) is 0 Å². The Labute approximate surface area is 109 Å². The first kappa shape index (κ1) is 14.5. The Balaban J connectivity index is 2.96. The Morgan fingerprint density at radius 1 is 1.47 bits per heavy atom. The summed E-state index contributed by atoms with van der Waals surface area (Å²) in [6.45, 7) is 3.80. The Bertz CT molecular complexity index is 479. The Morgan fingerprint density at radius 2 is 2.12 bits per heavy atom. The van der Waals surface area contributed by atoms with Crippen LogP contribution in [-0.2, 0) is 10.0 Å². The summed E-state index contributed by atoms with van der Waals surface area (Å²) in [5, 5.41) is 0.493. The van der Waals surface area contributed by atoms with E-state index in [9.17, 15) is 12.8 Å². The molecule has 4 nitrogen and oxygen atoms in total. The molecule has 1 N–H and O–H groups in total. The predicted molar refractivity (Wildman–Crippen MR) is 66.9 cm³/mol. The number of alkyl halides is 1. The molecule has 1 unspecified atom stereocenters. The van der Waals surface area contributed by atoms with Crippen LogP contribution in [0.5, 0.6) is 0 Å². The van der Waals surface area contributed by atoms with Gasteiger partial charge in [-0.1, -0.05) is 29.8 Å². The van der Waals surface area contributed by atoms with Crippen molar-refractivity contribution in [1.29, 1.82) is 0 Å². The van der Waals surface area contributed by atoms with E-state index >= 15 is 0 Å². The minimum absolute atomic E-state index is 0.130. The number of nitrogens with one attached hydrogen (secondary N) is 1. The average Bonchev–Trinajstić information content (AvgIpc) is 2.25. The van der Waals surface area contributed by atoms with Crippen LogP contribution >= 0.6 is 15.9 Å². The van der Waals surface area contributed by atoms with Crippen LogP contribution in [0.1, 0.15) is 13.8 Å². The molecule has 1 aromatic heterocycles. The molecule has 0 saturated carbocycles. The highest BCUT2D eigenvalue weighted by atomic mass is 79.9. The highest BCUT2D eigenvalue weighted by Gasteiger charge is 2.22. The lowest BCUT2D eigenvalue weighted by molar-refractivity contribution is 0.483. The van der Waals surface area contributed by atoms with Gasteiger partial charge in [0.05, 0.1) is 6.20 Å². The largest absolute Gasteiger partial charge is 0.260 e. The number of hydrogen-bond acceptors (Lipinski definition) is 3. The molecule has 0 aliphatic rings. The van der Waals surface area contributed by atoms with Gasteiger partial charge in [0.15, 0.2) is 0 Å². The normalized spacial score (nSPS) is 13.9. The average molecular weight is 325 g/mol. The van der Waals surface area contributed by atoms with E-state index in [4.69, 9.17) is 0 Å². The second-order valence-corrected chi connectivity index (χ2v) is 6.33. The van der Waals surface area contributed by atoms with E-state index in [0.717, 1.165) is 18.5 Å². The lowest BCUT2D eigenvalue weighted by Crippen LogP contribution is -2.39. The van der Waals surface area contributed by atoms with Crippen LogP contribution in [0.25, 0.3) is 0 Å². The molecule has 0 saturated heterocycles. The molecule has 0 amide bonds. The molecular formula is C10H14BrFN2O2S. The first-order chi connectivity index (χ1) is 7.86. The number of aromatic nitrogens is 1. The molecule has 1 atom stereocenters. The van der Waals surface area contributed by atoms with Gasteiger partial charge in [-0.25, -0.2) is 17.5 Å². The summed E-state index contributed by atoms with van der Waals surface area (Å²) in [7, 11) is -3.72. The molecular weight excluding hydrogens is 311 g/mol. The highest BCUT2D eigenvalue weighted by Crippen LogP contribution is 2.12. The summed E-state index contributed by atoms with van der Waals surface area (Å²) in [6, 6.07) is 0.698. The van der Waals surface area contributed by atoms with Crippen molar-refractivity contribution in [3.8, 4) is 0 Å². The maximum atomic E-state index is 12.9. The Hall–Kier alpha value is -0.530. The minimum Gasteiger partial charge on any atom is -0.260 e. The number of pyridine rings is 1. The second-order valence-electron chi connectivity index (χ2n) is 3.96. The molecule has 1 rings (SSSR count). The van der Waals surface area contributed by atoms with Crippen molar-refractivity contribution in [3.63, 3.8) is 0 Å². The van der Waals surface area contributed by atoms with Crippen molar-refractivity contribution in [2.75, 3.05) is 5.33 Å². The van der Waals surface area contributed by atoms with E-state index in [1.165, 1.54) is 0 Å². The number of nitrogens with zero attached hydrogens (tertiary/aromatic N) is 1. The zero-order chi connectivity index (χ0) is 13.1. The summed E-state index contributed by atoms with van der Waals surface area (Å²) < 4.78 is 39.3. The van der Waals surface area contributed by atoms with E-state index in [1.807, 2.05) is 13.8 Å². The number of hydrogen-bond donors (Lipinski definition) is 1. The maximum absolute atomic E-state index is 12.9. The molecule has 0 aliphatic heterocycles. The fourth-order valence-corrected chi connectivity index (χ4v) is 3.63. The summed E-state index contributed by atoms with van der Waals surface area (Å²) >= 11 is 3.24. The van der Waals surface area contributed by atoms with Gasteiger partial charge >= 0.3 is 0 Å². The van der Waals surface area contributed by atoms with Crippen LogP contribution in [0.2, 0.25) is 0 Å². The van der Waals surface area contributed by atoms with Gasteiger partial charge in [0, 0.05) is 17.6 Å². The molecule has 0 fully saturated rings. The van der Waals surface area contributed by atoms with E-state index < -0.39 is 15.8 Å². The fourth-order valence-electron chi connectivity index (χ4n) is 1.15. The minimum atomic E-state index is -3.72. The van der Waals surface area contributed by atoms with Crippen molar-refractivity contribution >= 4 is 26.0 Å². The molecule has 1 aromatic rings. The molecule has 17 heavy (non-hydrogen) atoms. The molecule has 96 valence electrons.